The van der Waals surface area contributed by atoms with Gasteiger partial charge in [-0.15, -0.1) is 6.58 Å². The van der Waals surface area contributed by atoms with Crippen LogP contribution in [0.4, 0.5) is 0 Å². The highest BCUT2D eigenvalue weighted by atomic mass is 16.8. The number of hydrogen-bond donors (Lipinski definition) is 1. The zero-order chi connectivity index (χ0) is 12.2. The number of rotatable bonds is 5. The Hall–Kier alpha value is -0.800. The van der Waals surface area contributed by atoms with Crippen LogP contribution in [0.15, 0.2) is 24.0 Å². The third-order valence-corrected chi connectivity index (χ3v) is 2.93. The molecule has 3 heteroatoms. The Bertz CT molecular complexity index is 279. The highest BCUT2D eigenvalue weighted by molar-refractivity contribution is 5.16. The first kappa shape index (κ1) is 13.3. The standard InChI is InChI=1S/C13H22O3/c1-5-9-15-12(14)16-11-10(2)7-6-8-13(11,3)4/h5,12,14H,1,6-9H2,2-4H3. The van der Waals surface area contributed by atoms with Crippen LogP contribution in [0.2, 0.25) is 0 Å². The summed E-state index contributed by atoms with van der Waals surface area (Å²) >= 11 is 0. The summed E-state index contributed by atoms with van der Waals surface area (Å²) in [7, 11) is 0. The SMILES string of the molecule is C=CCOC(O)OC1=C(C)CCCC1(C)C. The normalized spacial score (nSPS) is 21.8. The molecule has 0 aliphatic heterocycles. The van der Waals surface area contributed by atoms with Crippen molar-refractivity contribution in [2.24, 2.45) is 5.41 Å². The summed E-state index contributed by atoms with van der Waals surface area (Å²) in [5, 5.41) is 9.56. The second-order valence-electron chi connectivity index (χ2n) is 4.89. The van der Waals surface area contributed by atoms with Crippen molar-refractivity contribution in [3.63, 3.8) is 0 Å². The first-order chi connectivity index (χ1) is 7.47. The lowest BCUT2D eigenvalue weighted by Crippen LogP contribution is -2.27. The van der Waals surface area contributed by atoms with E-state index in [-0.39, 0.29) is 12.0 Å². The van der Waals surface area contributed by atoms with Gasteiger partial charge in [0.2, 0.25) is 0 Å². The van der Waals surface area contributed by atoms with Crippen molar-refractivity contribution in [2.75, 3.05) is 6.61 Å². The predicted molar refractivity (Wildman–Crippen MR) is 63.6 cm³/mol. The summed E-state index contributed by atoms with van der Waals surface area (Å²) < 4.78 is 10.5. The van der Waals surface area contributed by atoms with Crippen LogP contribution in [0.25, 0.3) is 0 Å². The monoisotopic (exact) mass is 226 g/mol. The fraction of sp³-hybridized carbons (Fsp3) is 0.692. The van der Waals surface area contributed by atoms with Crippen molar-refractivity contribution in [1.29, 1.82) is 0 Å². The summed E-state index contributed by atoms with van der Waals surface area (Å²) in [6.07, 6.45) is 4.87. The highest BCUT2D eigenvalue weighted by Crippen LogP contribution is 2.40. The van der Waals surface area contributed by atoms with Crippen molar-refractivity contribution in [3.05, 3.63) is 24.0 Å². The molecule has 1 N–H and O–H groups in total. The van der Waals surface area contributed by atoms with Crippen LogP contribution in [0.5, 0.6) is 0 Å². The first-order valence-corrected chi connectivity index (χ1v) is 5.75. The van der Waals surface area contributed by atoms with Crippen molar-refractivity contribution in [3.8, 4) is 0 Å². The fourth-order valence-corrected chi connectivity index (χ4v) is 2.15. The quantitative estimate of drug-likeness (QED) is 0.578. The topological polar surface area (TPSA) is 38.7 Å². The van der Waals surface area contributed by atoms with Crippen LogP contribution in [-0.4, -0.2) is 18.2 Å². The minimum atomic E-state index is -1.19. The number of ether oxygens (including phenoxy) is 2. The van der Waals surface area contributed by atoms with Gasteiger partial charge in [0.15, 0.2) is 0 Å². The van der Waals surface area contributed by atoms with Gasteiger partial charge in [-0.1, -0.05) is 19.9 Å². The summed E-state index contributed by atoms with van der Waals surface area (Å²) in [6.45, 7) is 8.92. The minimum absolute atomic E-state index is 0.0130. The van der Waals surface area contributed by atoms with E-state index >= 15 is 0 Å². The number of hydrogen-bond acceptors (Lipinski definition) is 3. The van der Waals surface area contributed by atoms with Gasteiger partial charge < -0.3 is 14.6 Å². The minimum Gasteiger partial charge on any atom is -0.445 e. The molecule has 0 radical (unpaired) electrons. The molecule has 0 saturated heterocycles. The predicted octanol–water partition coefficient (Wildman–Crippen LogP) is 2.97. The highest BCUT2D eigenvalue weighted by Gasteiger charge is 2.31. The van der Waals surface area contributed by atoms with Gasteiger partial charge in [-0.25, -0.2) is 0 Å². The summed E-state index contributed by atoms with van der Waals surface area (Å²) in [4.78, 5) is 0. The number of aliphatic hydroxyl groups excluding tert-OH is 1. The molecule has 0 bridgehead atoms. The van der Waals surface area contributed by atoms with E-state index in [0.29, 0.717) is 0 Å². The van der Waals surface area contributed by atoms with Crippen molar-refractivity contribution in [2.45, 2.75) is 46.5 Å². The van der Waals surface area contributed by atoms with Crippen LogP contribution in [-0.2, 0) is 9.47 Å². The molecule has 16 heavy (non-hydrogen) atoms. The van der Waals surface area contributed by atoms with Crippen molar-refractivity contribution in [1.82, 2.24) is 0 Å². The molecule has 3 nitrogen and oxygen atoms in total. The van der Waals surface area contributed by atoms with Crippen LogP contribution in [0.1, 0.15) is 40.0 Å². The van der Waals surface area contributed by atoms with Gasteiger partial charge >= 0.3 is 6.48 Å². The summed E-state index contributed by atoms with van der Waals surface area (Å²) in [5.74, 6) is 0.871. The Kier molecular flexibility index (Phi) is 4.56. The van der Waals surface area contributed by atoms with E-state index in [1.54, 1.807) is 6.08 Å². The molecule has 0 aromatic carbocycles. The van der Waals surface area contributed by atoms with Gasteiger partial charge in [0.25, 0.3) is 0 Å². The molecule has 1 atom stereocenters. The maximum absolute atomic E-state index is 9.56. The zero-order valence-electron chi connectivity index (χ0n) is 10.5. The molecule has 0 aromatic heterocycles. The second kappa shape index (κ2) is 5.51. The van der Waals surface area contributed by atoms with E-state index in [2.05, 4.69) is 27.4 Å². The van der Waals surface area contributed by atoms with Gasteiger partial charge in [-0.2, -0.15) is 0 Å². The van der Waals surface area contributed by atoms with E-state index in [1.165, 1.54) is 12.0 Å². The van der Waals surface area contributed by atoms with Crippen LogP contribution < -0.4 is 0 Å². The summed E-state index contributed by atoms with van der Waals surface area (Å²) in [5.41, 5.74) is 1.19. The lowest BCUT2D eigenvalue weighted by molar-refractivity contribution is -0.247. The molecule has 0 aromatic rings. The molecule has 92 valence electrons. The molecular weight excluding hydrogens is 204 g/mol. The Morgan fingerprint density at radius 1 is 1.56 bits per heavy atom. The molecule has 0 fully saturated rings. The van der Waals surface area contributed by atoms with Gasteiger partial charge in [-0.3, -0.25) is 0 Å². The van der Waals surface area contributed by atoms with Gasteiger partial charge in [0, 0.05) is 5.41 Å². The average Bonchev–Trinajstić information content (AvgIpc) is 2.20. The lowest BCUT2D eigenvalue weighted by Gasteiger charge is -2.34. The van der Waals surface area contributed by atoms with E-state index in [9.17, 15) is 5.11 Å². The van der Waals surface area contributed by atoms with Crippen LogP contribution in [0, 0.1) is 5.41 Å². The number of aliphatic hydroxyl groups is 1. The average molecular weight is 226 g/mol. The molecule has 0 spiro atoms. The molecule has 0 heterocycles. The fourth-order valence-electron chi connectivity index (χ4n) is 2.15. The molecule has 0 amide bonds. The molecular formula is C13H22O3. The van der Waals surface area contributed by atoms with Gasteiger partial charge in [0.05, 0.1) is 6.61 Å². The van der Waals surface area contributed by atoms with E-state index in [1.807, 2.05) is 0 Å². The maximum Gasteiger partial charge on any atom is 0.313 e. The Balaban J connectivity index is 2.65. The molecule has 1 unspecified atom stereocenters. The van der Waals surface area contributed by atoms with Crippen molar-refractivity contribution < 1.29 is 14.6 Å². The van der Waals surface area contributed by atoms with Gasteiger partial charge in [0.1, 0.15) is 5.76 Å². The zero-order valence-corrected chi connectivity index (χ0v) is 10.5. The second-order valence-corrected chi connectivity index (χ2v) is 4.89. The summed E-state index contributed by atoms with van der Waals surface area (Å²) in [6, 6.07) is 0. The molecule has 1 rings (SSSR count). The lowest BCUT2D eigenvalue weighted by atomic mass is 9.78. The Morgan fingerprint density at radius 3 is 2.81 bits per heavy atom. The largest absolute Gasteiger partial charge is 0.445 e. The number of allylic oxidation sites excluding steroid dienone is 2. The van der Waals surface area contributed by atoms with Gasteiger partial charge in [-0.05, 0) is 31.8 Å². The van der Waals surface area contributed by atoms with E-state index < -0.39 is 6.48 Å². The smallest absolute Gasteiger partial charge is 0.313 e. The van der Waals surface area contributed by atoms with E-state index in [0.717, 1.165) is 18.6 Å². The third-order valence-electron chi connectivity index (χ3n) is 2.93. The third kappa shape index (κ3) is 3.35. The molecule has 0 saturated carbocycles. The van der Waals surface area contributed by atoms with E-state index in [4.69, 9.17) is 9.47 Å². The molecule has 1 aliphatic carbocycles. The van der Waals surface area contributed by atoms with Crippen LogP contribution in [0.3, 0.4) is 0 Å². The first-order valence-electron chi connectivity index (χ1n) is 5.75. The van der Waals surface area contributed by atoms with Crippen LogP contribution >= 0.6 is 0 Å². The Labute approximate surface area is 97.8 Å². The molecule has 1 aliphatic rings. The maximum atomic E-state index is 9.56. The Morgan fingerprint density at radius 2 is 2.25 bits per heavy atom. The van der Waals surface area contributed by atoms with Crippen molar-refractivity contribution >= 4 is 0 Å².